The van der Waals surface area contributed by atoms with Gasteiger partial charge in [-0.3, -0.25) is 0 Å². The monoisotopic (exact) mass is 341 g/mol. The Morgan fingerprint density at radius 1 is 1.22 bits per heavy atom. The third kappa shape index (κ3) is 3.79. The van der Waals surface area contributed by atoms with Crippen molar-refractivity contribution in [2.24, 2.45) is 0 Å². The smallest absolute Gasteiger partial charge is 0.387 e. The van der Waals surface area contributed by atoms with Crippen LogP contribution in [-0.2, 0) is 16.4 Å². The van der Waals surface area contributed by atoms with Crippen LogP contribution >= 0.6 is 0 Å². The van der Waals surface area contributed by atoms with Gasteiger partial charge in [-0.1, -0.05) is 30.3 Å². The average Bonchev–Trinajstić information content (AvgIpc) is 2.85. The molecule has 0 amide bonds. The first-order valence-electron chi connectivity index (χ1n) is 7.34. The predicted molar refractivity (Wildman–Crippen MR) is 84.5 cm³/mol. The normalized spacial score (nSPS) is 20.2. The molecule has 1 heterocycles. The fourth-order valence-corrected chi connectivity index (χ4v) is 4.61. The summed E-state index contributed by atoms with van der Waals surface area (Å²) in [6.07, 6.45) is 0.540. The van der Waals surface area contributed by atoms with Gasteiger partial charge in [0.05, 0.1) is 11.5 Å². The molecule has 1 saturated heterocycles. The van der Waals surface area contributed by atoms with Crippen LogP contribution in [0.5, 0.6) is 5.75 Å². The van der Waals surface area contributed by atoms with Gasteiger partial charge in [-0.15, -0.1) is 0 Å². The SMILES string of the molecule is O=S1(=O)CC[C@H](NCc2c(OC(F)F)ccc3ccccc23)C1. The van der Waals surface area contributed by atoms with Crippen molar-refractivity contribution >= 4 is 20.6 Å². The van der Waals surface area contributed by atoms with Gasteiger partial charge in [-0.25, -0.2) is 8.42 Å². The molecule has 0 bridgehead atoms. The highest BCUT2D eigenvalue weighted by atomic mass is 32.2. The third-order valence-corrected chi connectivity index (χ3v) is 5.78. The van der Waals surface area contributed by atoms with Crippen molar-refractivity contribution in [3.8, 4) is 5.75 Å². The lowest BCUT2D eigenvalue weighted by Gasteiger charge is -2.16. The Morgan fingerprint density at radius 3 is 2.70 bits per heavy atom. The maximum Gasteiger partial charge on any atom is 0.387 e. The summed E-state index contributed by atoms with van der Waals surface area (Å²) in [4.78, 5) is 0. The molecule has 1 fully saturated rings. The number of nitrogens with one attached hydrogen (secondary N) is 1. The van der Waals surface area contributed by atoms with E-state index in [1.165, 1.54) is 6.07 Å². The standard InChI is InChI=1S/C16H17F2NO3S/c17-16(18)22-15-6-5-11-3-1-2-4-13(11)14(15)9-19-12-7-8-23(20,21)10-12/h1-6,12,16,19H,7-10H2/t12-/m0/s1. The van der Waals surface area contributed by atoms with Crippen LogP contribution in [0.1, 0.15) is 12.0 Å². The van der Waals surface area contributed by atoms with Gasteiger partial charge >= 0.3 is 6.61 Å². The van der Waals surface area contributed by atoms with Crippen molar-refractivity contribution in [3.63, 3.8) is 0 Å². The number of hydrogen-bond donors (Lipinski definition) is 1. The molecule has 3 rings (SSSR count). The number of rotatable bonds is 5. The van der Waals surface area contributed by atoms with E-state index in [1.54, 1.807) is 6.07 Å². The summed E-state index contributed by atoms with van der Waals surface area (Å²) in [5, 5.41) is 4.90. The molecule has 124 valence electrons. The van der Waals surface area contributed by atoms with Gasteiger partial charge in [0.25, 0.3) is 0 Å². The second-order valence-electron chi connectivity index (χ2n) is 5.62. The van der Waals surface area contributed by atoms with E-state index < -0.39 is 16.4 Å². The Labute approximate surface area is 133 Å². The molecule has 0 aliphatic carbocycles. The number of hydrogen-bond acceptors (Lipinski definition) is 4. The first kappa shape index (κ1) is 16.1. The van der Waals surface area contributed by atoms with Crippen LogP contribution in [-0.4, -0.2) is 32.6 Å². The molecule has 2 aromatic carbocycles. The third-order valence-electron chi connectivity index (χ3n) is 4.01. The van der Waals surface area contributed by atoms with Gasteiger partial charge in [0.2, 0.25) is 0 Å². The lowest BCUT2D eigenvalue weighted by atomic mass is 10.0. The zero-order valence-corrected chi connectivity index (χ0v) is 13.2. The highest BCUT2D eigenvalue weighted by molar-refractivity contribution is 7.91. The number of alkyl halides is 2. The zero-order chi connectivity index (χ0) is 16.4. The van der Waals surface area contributed by atoms with Crippen LogP contribution in [0, 0.1) is 0 Å². The summed E-state index contributed by atoms with van der Waals surface area (Å²) >= 11 is 0. The van der Waals surface area contributed by atoms with Crippen molar-refractivity contribution in [2.75, 3.05) is 11.5 Å². The molecule has 7 heteroatoms. The van der Waals surface area contributed by atoms with E-state index in [2.05, 4.69) is 10.1 Å². The Balaban J connectivity index is 1.87. The number of fused-ring (bicyclic) bond motifs is 1. The summed E-state index contributed by atoms with van der Waals surface area (Å²) in [6, 6.07) is 10.5. The Morgan fingerprint density at radius 2 is 2.00 bits per heavy atom. The molecule has 1 aliphatic heterocycles. The molecular weight excluding hydrogens is 324 g/mol. The maximum atomic E-state index is 12.6. The fourth-order valence-electron chi connectivity index (χ4n) is 2.91. The quantitative estimate of drug-likeness (QED) is 0.909. The lowest BCUT2D eigenvalue weighted by molar-refractivity contribution is -0.0503. The topological polar surface area (TPSA) is 55.4 Å². The van der Waals surface area contributed by atoms with Gasteiger partial charge in [-0.05, 0) is 23.3 Å². The van der Waals surface area contributed by atoms with E-state index in [1.807, 2.05) is 24.3 Å². The summed E-state index contributed by atoms with van der Waals surface area (Å²) in [5.74, 6) is 0.371. The molecule has 2 aromatic rings. The van der Waals surface area contributed by atoms with Crippen LogP contribution in [0.3, 0.4) is 0 Å². The maximum absolute atomic E-state index is 12.6. The molecule has 23 heavy (non-hydrogen) atoms. The molecular formula is C16H17F2NO3S. The largest absolute Gasteiger partial charge is 0.434 e. The molecule has 1 atom stereocenters. The number of sulfone groups is 1. The molecule has 0 radical (unpaired) electrons. The van der Waals surface area contributed by atoms with Crippen LogP contribution in [0.25, 0.3) is 10.8 Å². The van der Waals surface area contributed by atoms with Crippen LogP contribution in [0.2, 0.25) is 0 Å². The van der Waals surface area contributed by atoms with Crippen LogP contribution < -0.4 is 10.1 Å². The molecule has 1 aliphatic rings. The van der Waals surface area contributed by atoms with E-state index in [9.17, 15) is 17.2 Å². The number of ether oxygens (including phenoxy) is 1. The van der Waals surface area contributed by atoms with Crippen molar-refractivity contribution in [1.29, 1.82) is 0 Å². The molecule has 0 unspecified atom stereocenters. The van der Waals surface area contributed by atoms with Crippen molar-refractivity contribution in [1.82, 2.24) is 5.32 Å². The van der Waals surface area contributed by atoms with E-state index in [0.717, 1.165) is 10.8 Å². The van der Waals surface area contributed by atoms with Crippen molar-refractivity contribution < 1.29 is 21.9 Å². The second-order valence-corrected chi connectivity index (χ2v) is 7.85. The van der Waals surface area contributed by atoms with Gasteiger partial charge in [0.1, 0.15) is 5.75 Å². The summed E-state index contributed by atoms with van der Waals surface area (Å²) in [5.41, 5.74) is 0.618. The fraction of sp³-hybridized carbons (Fsp3) is 0.375. The first-order chi connectivity index (χ1) is 10.9. The summed E-state index contributed by atoms with van der Waals surface area (Å²) < 4.78 is 52.9. The molecule has 0 spiro atoms. The summed E-state index contributed by atoms with van der Waals surface area (Å²) in [6.45, 7) is -2.62. The Hall–Kier alpha value is -1.73. The second kappa shape index (κ2) is 6.41. The minimum Gasteiger partial charge on any atom is -0.434 e. The number of halogens is 2. The van der Waals surface area contributed by atoms with E-state index in [0.29, 0.717) is 12.0 Å². The van der Waals surface area contributed by atoms with E-state index in [4.69, 9.17) is 0 Å². The highest BCUT2D eigenvalue weighted by Gasteiger charge is 2.27. The van der Waals surface area contributed by atoms with E-state index in [-0.39, 0.29) is 29.8 Å². The Kier molecular flexibility index (Phi) is 4.50. The van der Waals surface area contributed by atoms with Crippen LogP contribution in [0.4, 0.5) is 8.78 Å². The van der Waals surface area contributed by atoms with Gasteiger partial charge in [-0.2, -0.15) is 8.78 Å². The minimum atomic E-state index is -2.99. The van der Waals surface area contributed by atoms with Gasteiger partial charge in [0.15, 0.2) is 9.84 Å². The van der Waals surface area contributed by atoms with Crippen molar-refractivity contribution in [3.05, 3.63) is 42.0 Å². The van der Waals surface area contributed by atoms with Crippen LogP contribution in [0.15, 0.2) is 36.4 Å². The minimum absolute atomic E-state index is 0.0861. The average molecular weight is 341 g/mol. The number of benzene rings is 2. The Bertz CT molecular complexity index is 808. The van der Waals surface area contributed by atoms with Crippen molar-refractivity contribution in [2.45, 2.75) is 25.6 Å². The molecule has 0 saturated carbocycles. The first-order valence-corrected chi connectivity index (χ1v) is 9.16. The highest BCUT2D eigenvalue weighted by Crippen LogP contribution is 2.29. The lowest BCUT2D eigenvalue weighted by Crippen LogP contribution is -2.29. The molecule has 1 N–H and O–H groups in total. The summed E-state index contributed by atoms with van der Waals surface area (Å²) in [7, 11) is -2.99. The molecule has 4 nitrogen and oxygen atoms in total. The van der Waals surface area contributed by atoms with Gasteiger partial charge in [0, 0.05) is 18.2 Å². The molecule has 0 aromatic heterocycles. The van der Waals surface area contributed by atoms with Gasteiger partial charge < -0.3 is 10.1 Å². The predicted octanol–water partition coefficient (Wildman–Crippen LogP) is 2.72. The van der Waals surface area contributed by atoms with E-state index >= 15 is 0 Å². The zero-order valence-electron chi connectivity index (χ0n) is 12.3.